The quantitative estimate of drug-likeness (QED) is 0.567. The lowest BCUT2D eigenvalue weighted by molar-refractivity contribution is 1.56. The molecule has 0 spiro atoms. The van der Waals surface area contributed by atoms with Crippen LogP contribution in [0.15, 0.2) is 73.3 Å². The van der Waals surface area contributed by atoms with E-state index in [4.69, 9.17) is 0 Å². The van der Waals surface area contributed by atoms with Crippen LogP contribution < -0.4 is 10.4 Å². The van der Waals surface area contributed by atoms with Crippen molar-refractivity contribution in [2.24, 2.45) is 0 Å². The number of benzene rings is 2. The maximum atomic E-state index is 3.93. The molecular formula is C16H18Si. The van der Waals surface area contributed by atoms with E-state index in [1.807, 2.05) is 0 Å². The molecule has 0 N–H and O–H groups in total. The van der Waals surface area contributed by atoms with Crippen LogP contribution in [0.5, 0.6) is 0 Å². The summed E-state index contributed by atoms with van der Waals surface area (Å²) in [5, 5.41) is 2.96. The first-order valence-electron chi connectivity index (χ1n) is 5.99. The molecule has 17 heavy (non-hydrogen) atoms. The number of hydrogen-bond donors (Lipinski definition) is 0. The molecule has 0 aromatic heterocycles. The Morgan fingerprint density at radius 1 is 0.882 bits per heavy atom. The van der Waals surface area contributed by atoms with Gasteiger partial charge in [-0.2, -0.15) is 0 Å². The van der Waals surface area contributed by atoms with Crippen molar-refractivity contribution >= 4 is 18.4 Å². The molecule has 0 radical (unpaired) electrons. The van der Waals surface area contributed by atoms with Crippen LogP contribution >= 0.6 is 0 Å². The van der Waals surface area contributed by atoms with E-state index < -0.39 is 8.07 Å². The van der Waals surface area contributed by atoms with E-state index in [0.717, 1.165) is 6.04 Å². The molecule has 0 amide bonds. The molecule has 0 aliphatic heterocycles. The van der Waals surface area contributed by atoms with Gasteiger partial charge in [0.2, 0.25) is 0 Å². The van der Waals surface area contributed by atoms with Gasteiger partial charge in [0.25, 0.3) is 0 Å². The van der Waals surface area contributed by atoms with Gasteiger partial charge in [0.1, 0.15) is 8.07 Å². The lowest BCUT2D eigenvalue weighted by Gasteiger charge is -2.27. The first kappa shape index (κ1) is 11.9. The molecule has 2 rings (SSSR count). The van der Waals surface area contributed by atoms with Crippen molar-refractivity contribution < 1.29 is 0 Å². The van der Waals surface area contributed by atoms with Gasteiger partial charge in [-0.3, -0.25) is 0 Å². The molecule has 1 heteroatoms. The van der Waals surface area contributed by atoms with Gasteiger partial charge in [0, 0.05) is 0 Å². The Morgan fingerprint density at radius 3 is 1.65 bits per heavy atom. The minimum Gasteiger partial charge on any atom is -0.103 e. The number of hydrogen-bond acceptors (Lipinski definition) is 0. The van der Waals surface area contributed by atoms with Gasteiger partial charge in [0.05, 0.1) is 0 Å². The molecule has 0 aliphatic rings. The van der Waals surface area contributed by atoms with Crippen LogP contribution in [0, 0.1) is 0 Å². The molecule has 2 aromatic carbocycles. The molecule has 0 atom stereocenters. The van der Waals surface area contributed by atoms with Crippen LogP contribution in [0.2, 0.25) is 12.6 Å². The minimum absolute atomic E-state index is 1.08. The summed E-state index contributed by atoms with van der Waals surface area (Å²) in [7, 11) is -1.62. The Kier molecular flexibility index (Phi) is 3.60. The third-order valence-electron chi connectivity index (χ3n) is 3.37. The summed E-state index contributed by atoms with van der Waals surface area (Å²) >= 11 is 0. The molecule has 0 bridgehead atoms. The van der Waals surface area contributed by atoms with E-state index in [-0.39, 0.29) is 0 Å². The third-order valence-corrected chi connectivity index (χ3v) is 7.69. The molecule has 0 nitrogen and oxygen atoms in total. The third kappa shape index (κ3) is 2.39. The van der Waals surface area contributed by atoms with Crippen LogP contribution in [0.3, 0.4) is 0 Å². The Morgan fingerprint density at radius 2 is 1.29 bits per heavy atom. The molecule has 2 aromatic rings. The van der Waals surface area contributed by atoms with E-state index in [1.54, 1.807) is 0 Å². The second-order valence-electron chi connectivity index (χ2n) is 4.56. The number of rotatable bonds is 4. The molecule has 0 heterocycles. The van der Waals surface area contributed by atoms with Gasteiger partial charge in [-0.05, 0) is 6.04 Å². The Bertz CT molecular complexity index is 434. The van der Waals surface area contributed by atoms with Crippen LogP contribution in [-0.2, 0) is 0 Å². The maximum absolute atomic E-state index is 3.93. The van der Waals surface area contributed by atoms with E-state index in [0.29, 0.717) is 0 Å². The second-order valence-corrected chi connectivity index (χ2v) is 8.78. The molecule has 86 valence electrons. The van der Waals surface area contributed by atoms with Crippen LogP contribution in [-0.4, -0.2) is 8.07 Å². The van der Waals surface area contributed by atoms with Crippen molar-refractivity contribution in [2.75, 3.05) is 0 Å². The van der Waals surface area contributed by atoms with Crippen molar-refractivity contribution in [1.29, 1.82) is 0 Å². The fourth-order valence-electron chi connectivity index (χ4n) is 2.30. The molecular weight excluding hydrogens is 220 g/mol. The first-order chi connectivity index (χ1) is 8.27. The monoisotopic (exact) mass is 238 g/mol. The zero-order chi connectivity index (χ0) is 12.1. The minimum atomic E-state index is -1.62. The van der Waals surface area contributed by atoms with Crippen LogP contribution in [0.25, 0.3) is 0 Å². The van der Waals surface area contributed by atoms with Crippen molar-refractivity contribution in [3.05, 3.63) is 73.3 Å². The van der Waals surface area contributed by atoms with E-state index in [9.17, 15) is 0 Å². The van der Waals surface area contributed by atoms with Gasteiger partial charge in [0.15, 0.2) is 0 Å². The topological polar surface area (TPSA) is 0 Å². The summed E-state index contributed by atoms with van der Waals surface area (Å²) in [4.78, 5) is 0. The van der Waals surface area contributed by atoms with Crippen molar-refractivity contribution in [3.63, 3.8) is 0 Å². The Labute approximate surface area is 105 Å². The fraction of sp³-hybridized carbons (Fsp3) is 0.125. The summed E-state index contributed by atoms with van der Waals surface area (Å²) in [5.41, 5.74) is 0. The highest BCUT2D eigenvalue weighted by Crippen LogP contribution is 2.11. The molecule has 0 unspecified atom stereocenters. The highest BCUT2D eigenvalue weighted by atomic mass is 28.3. The molecule has 0 fully saturated rings. The van der Waals surface area contributed by atoms with E-state index in [1.165, 1.54) is 10.4 Å². The van der Waals surface area contributed by atoms with Crippen molar-refractivity contribution in [2.45, 2.75) is 12.6 Å². The molecule has 0 saturated heterocycles. The van der Waals surface area contributed by atoms with Gasteiger partial charge in [-0.1, -0.05) is 83.7 Å². The van der Waals surface area contributed by atoms with E-state index >= 15 is 0 Å². The lowest BCUT2D eigenvalue weighted by atomic mass is 10.4. The van der Waals surface area contributed by atoms with Gasteiger partial charge in [-0.15, -0.1) is 6.58 Å². The number of allylic oxidation sites excluding steroid dienone is 1. The highest BCUT2D eigenvalue weighted by Gasteiger charge is 2.29. The van der Waals surface area contributed by atoms with Crippen LogP contribution in [0.1, 0.15) is 0 Å². The summed E-state index contributed by atoms with van der Waals surface area (Å²) in [6.07, 6.45) is 2.06. The van der Waals surface area contributed by atoms with Crippen LogP contribution in [0.4, 0.5) is 0 Å². The summed E-state index contributed by atoms with van der Waals surface area (Å²) < 4.78 is 0. The summed E-state index contributed by atoms with van der Waals surface area (Å²) in [6.45, 7) is 6.35. The predicted molar refractivity (Wildman–Crippen MR) is 78.8 cm³/mol. The second kappa shape index (κ2) is 5.15. The lowest BCUT2D eigenvalue weighted by Crippen LogP contribution is -2.55. The summed E-state index contributed by atoms with van der Waals surface area (Å²) in [5.74, 6) is 0. The van der Waals surface area contributed by atoms with Gasteiger partial charge < -0.3 is 0 Å². The van der Waals surface area contributed by atoms with Crippen molar-refractivity contribution in [1.82, 2.24) is 0 Å². The zero-order valence-electron chi connectivity index (χ0n) is 10.3. The molecule has 0 saturated carbocycles. The fourth-order valence-corrected chi connectivity index (χ4v) is 5.54. The smallest absolute Gasteiger partial charge is 0.103 e. The summed E-state index contributed by atoms with van der Waals surface area (Å²) in [6, 6.07) is 22.8. The molecule has 0 aliphatic carbocycles. The highest BCUT2D eigenvalue weighted by molar-refractivity contribution is 7.01. The van der Waals surface area contributed by atoms with Gasteiger partial charge >= 0.3 is 0 Å². The average Bonchev–Trinajstić information content (AvgIpc) is 2.41. The first-order valence-corrected chi connectivity index (χ1v) is 8.70. The standard InChI is InChI=1S/C16H18Si/c1-3-14-17(2,15-10-6-4-7-11-15)16-12-8-5-9-13-16/h3-13H,1,14H2,2H3. The SMILES string of the molecule is C=CC[Si](C)(c1ccccc1)c1ccccc1. The average molecular weight is 238 g/mol. The largest absolute Gasteiger partial charge is 0.118 e. The Balaban J connectivity index is 2.50. The van der Waals surface area contributed by atoms with E-state index in [2.05, 4.69) is 79.9 Å². The Hall–Kier alpha value is -1.60. The normalized spacial score (nSPS) is 11.1. The van der Waals surface area contributed by atoms with Crippen molar-refractivity contribution in [3.8, 4) is 0 Å². The zero-order valence-corrected chi connectivity index (χ0v) is 11.3. The van der Waals surface area contributed by atoms with Gasteiger partial charge in [-0.25, -0.2) is 0 Å². The maximum Gasteiger partial charge on any atom is 0.118 e. The predicted octanol–water partition coefficient (Wildman–Crippen LogP) is 3.07.